The molecule has 1 aliphatic heterocycles. The van der Waals surface area contributed by atoms with Gasteiger partial charge in [-0.05, 0) is 80.0 Å². The van der Waals surface area contributed by atoms with Crippen LogP contribution in [-0.2, 0) is 11.4 Å². The van der Waals surface area contributed by atoms with Crippen LogP contribution >= 0.6 is 60.0 Å². The molecule has 1 saturated heterocycles. The zero-order chi connectivity index (χ0) is 21.8. The molecule has 2 aromatic carbocycles. The molecule has 1 N–H and O–H groups in total. The summed E-state index contributed by atoms with van der Waals surface area (Å²) in [5.41, 5.74) is 2.07. The van der Waals surface area contributed by atoms with E-state index in [9.17, 15) is 4.79 Å². The fraction of sp³-hybridized carbons (Fsp3) is 0.143. The van der Waals surface area contributed by atoms with Crippen molar-refractivity contribution < 1.29 is 14.3 Å². The van der Waals surface area contributed by atoms with Gasteiger partial charge < -0.3 is 14.8 Å². The molecule has 0 aromatic heterocycles. The van der Waals surface area contributed by atoms with Gasteiger partial charge in [-0.1, -0.05) is 28.1 Å². The van der Waals surface area contributed by atoms with Gasteiger partial charge >= 0.3 is 0 Å². The molecule has 1 fully saturated rings. The largest absolute Gasteiger partial charge is 0.496 e. The second-order valence-corrected chi connectivity index (χ2v) is 9.26. The molecule has 9 heteroatoms. The zero-order valence-electron chi connectivity index (χ0n) is 15.9. The Labute approximate surface area is 205 Å². The van der Waals surface area contributed by atoms with Crippen molar-refractivity contribution in [2.45, 2.75) is 6.61 Å². The fourth-order valence-electron chi connectivity index (χ4n) is 2.85. The van der Waals surface area contributed by atoms with Crippen LogP contribution in [0.25, 0.3) is 6.08 Å². The molecule has 0 unspecified atom stereocenters. The maximum atomic E-state index is 12.5. The number of hydrogen-bond donors (Lipinski definition) is 1. The lowest BCUT2D eigenvalue weighted by Gasteiger charge is -2.14. The van der Waals surface area contributed by atoms with Crippen LogP contribution in [0.1, 0.15) is 11.1 Å². The Kier molecular flexibility index (Phi) is 7.73. The predicted molar refractivity (Wildman–Crippen MR) is 132 cm³/mol. The van der Waals surface area contributed by atoms with Gasteiger partial charge in [-0.15, -0.1) is 6.58 Å². The van der Waals surface area contributed by atoms with Gasteiger partial charge in [0.1, 0.15) is 23.8 Å². The SMILES string of the molecule is C=CCN1C(=O)/C(=C/c2ccc(OC)c(COc3c(Br)cc(Br)cc3Br)c2)NC1=S. The van der Waals surface area contributed by atoms with E-state index in [4.69, 9.17) is 21.7 Å². The molecule has 156 valence electrons. The number of nitrogens with zero attached hydrogens (tertiary/aromatic N) is 1. The van der Waals surface area contributed by atoms with Gasteiger partial charge in [0, 0.05) is 16.6 Å². The molecule has 1 aliphatic rings. The Morgan fingerprint density at radius 3 is 2.53 bits per heavy atom. The Morgan fingerprint density at radius 1 is 1.20 bits per heavy atom. The molecule has 3 rings (SSSR count). The maximum absolute atomic E-state index is 12.5. The molecular weight excluding hydrogens is 600 g/mol. The highest BCUT2D eigenvalue weighted by atomic mass is 79.9. The van der Waals surface area contributed by atoms with Crippen LogP contribution in [0.4, 0.5) is 0 Å². The normalized spacial score (nSPS) is 14.8. The van der Waals surface area contributed by atoms with Crippen molar-refractivity contribution in [2.24, 2.45) is 0 Å². The highest BCUT2D eigenvalue weighted by molar-refractivity contribution is 9.11. The lowest BCUT2D eigenvalue weighted by atomic mass is 10.1. The quantitative estimate of drug-likeness (QED) is 0.242. The van der Waals surface area contributed by atoms with Crippen LogP contribution in [0.2, 0.25) is 0 Å². The fourth-order valence-corrected chi connectivity index (χ4v) is 5.61. The number of carbonyl (C=O) groups excluding carboxylic acids is 1. The summed E-state index contributed by atoms with van der Waals surface area (Å²) < 4.78 is 14.1. The number of thiocarbonyl (C=S) groups is 1. The number of amides is 1. The third kappa shape index (κ3) is 5.14. The van der Waals surface area contributed by atoms with E-state index in [1.807, 2.05) is 30.3 Å². The van der Waals surface area contributed by atoms with Gasteiger partial charge in [0.05, 0.1) is 16.1 Å². The Bertz CT molecular complexity index is 1030. The van der Waals surface area contributed by atoms with Crippen molar-refractivity contribution in [2.75, 3.05) is 13.7 Å². The van der Waals surface area contributed by atoms with Crippen molar-refractivity contribution in [3.05, 3.63) is 73.2 Å². The van der Waals surface area contributed by atoms with Gasteiger partial charge in [0.25, 0.3) is 5.91 Å². The van der Waals surface area contributed by atoms with Crippen LogP contribution in [-0.4, -0.2) is 29.6 Å². The van der Waals surface area contributed by atoms with Crippen molar-refractivity contribution in [3.63, 3.8) is 0 Å². The van der Waals surface area contributed by atoms with Crippen LogP contribution in [0, 0.1) is 0 Å². The third-order valence-corrected chi connectivity index (χ3v) is 6.18. The van der Waals surface area contributed by atoms with Crippen LogP contribution in [0.5, 0.6) is 11.5 Å². The van der Waals surface area contributed by atoms with E-state index in [0.29, 0.717) is 28.9 Å². The highest BCUT2D eigenvalue weighted by Crippen LogP contribution is 2.37. The van der Waals surface area contributed by atoms with Gasteiger partial charge in [0.2, 0.25) is 0 Å². The summed E-state index contributed by atoms with van der Waals surface area (Å²) in [6.45, 7) is 4.30. The van der Waals surface area contributed by atoms with Gasteiger partial charge in [0.15, 0.2) is 5.11 Å². The summed E-state index contributed by atoms with van der Waals surface area (Å²) in [5, 5.41) is 3.32. The van der Waals surface area contributed by atoms with Crippen LogP contribution < -0.4 is 14.8 Å². The van der Waals surface area contributed by atoms with E-state index < -0.39 is 0 Å². The Balaban J connectivity index is 1.85. The van der Waals surface area contributed by atoms with E-state index in [2.05, 4.69) is 59.7 Å². The Hall–Kier alpha value is -1.68. The molecule has 0 spiro atoms. The number of nitrogens with one attached hydrogen (secondary N) is 1. The minimum atomic E-state index is -0.184. The van der Waals surface area contributed by atoms with Crippen molar-refractivity contribution in [1.82, 2.24) is 10.2 Å². The standard InChI is InChI=1S/C21H17Br3N2O3S/c1-3-6-26-20(27)17(25-21(26)30)8-12-4-5-18(28-2)13(7-12)11-29-19-15(23)9-14(22)10-16(19)24/h3-5,7-10H,1,6,11H2,2H3,(H,25,30)/b17-8-. The first-order chi connectivity index (χ1) is 14.3. The van der Waals surface area contributed by atoms with E-state index in [0.717, 1.165) is 24.5 Å². The molecule has 0 bridgehead atoms. The number of methoxy groups -OCH3 is 1. The monoisotopic (exact) mass is 614 g/mol. The van der Waals surface area contributed by atoms with E-state index in [-0.39, 0.29) is 12.5 Å². The number of hydrogen-bond acceptors (Lipinski definition) is 4. The van der Waals surface area contributed by atoms with Crippen molar-refractivity contribution in [3.8, 4) is 11.5 Å². The summed E-state index contributed by atoms with van der Waals surface area (Å²) in [5.74, 6) is 1.19. The lowest BCUT2D eigenvalue weighted by Crippen LogP contribution is -2.30. The summed E-state index contributed by atoms with van der Waals surface area (Å²) in [4.78, 5) is 14.0. The van der Waals surface area contributed by atoms with E-state index in [1.54, 1.807) is 19.3 Å². The molecule has 0 radical (unpaired) electrons. The summed E-state index contributed by atoms with van der Waals surface area (Å²) in [7, 11) is 1.61. The van der Waals surface area contributed by atoms with Gasteiger partial charge in [-0.3, -0.25) is 9.69 Å². The summed E-state index contributed by atoms with van der Waals surface area (Å²) >= 11 is 15.7. The molecule has 5 nitrogen and oxygen atoms in total. The van der Waals surface area contributed by atoms with Crippen molar-refractivity contribution >= 4 is 77.1 Å². The minimum absolute atomic E-state index is 0.184. The molecular formula is C21H17Br3N2O3S. The Morgan fingerprint density at radius 2 is 1.90 bits per heavy atom. The third-order valence-electron chi connectivity index (χ3n) is 4.22. The molecule has 1 amide bonds. The summed E-state index contributed by atoms with van der Waals surface area (Å²) in [6.07, 6.45) is 3.39. The van der Waals surface area contributed by atoms with E-state index in [1.165, 1.54) is 4.90 Å². The molecule has 2 aromatic rings. The average Bonchev–Trinajstić information content (AvgIpc) is 2.95. The van der Waals surface area contributed by atoms with Crippen LogP contribution in [0.15, 0.2) is 62.1 Å². The number of halogens is 3. The molecule has 1 heterocycles. The topological polar surface area (TPSA) is 50.8 Å². The zero-order valence-corrected chi connectivity index (χ0v) is 21.5. The number of carbonyl (C=O) groups is 1. The first kappa shape index (κ1) is 23.0. The highest BCUT2D eigenvalue weighted by Gasteiger charge is 2.29. The van der Waals surface area contributed by atoms with Gasteiger partial charge in [-0.25, -0.2) is 0 Å². The van der Waals surface area contributed by atoms with Crippen LogP contribution in [0.3, 0.4) is 0 Å². The summed E-state index contributed by atoms with van der Waals surface area (Å²) in [6, 6.07) is 9.45. The average molecular weight is 617 g/mol. The number of ether oxygens (including phenoxy) is 2. The second-order valence-electron chi connectivity index (χ2n) is 6.25. The number of benzene rings is 2. The predicted octanol–water partition coefficient (Wildman–Crippen LogP) is 5.81. The van der Waals surface area contributed by atoms with Crippen molar-refractivity contribution in [1.29, 1.82) is 0 Å². The molecule has 30 heavy (non-hydrogen) atoms. The lowest BCUT2D eigenvalue weighted by molar-refractivity contribution is -0.122. The second kappa shape index (κ2) is 10.1. The molecule has 0 saturated carbocycles. The molecule has 0 aliphatic carbocycles. The van der Waals surface area contributed by atoms with E-state index >= 15 is 0 Å². The minimum Gasteiger partial charge on any atom is -0.496 e. The van der Waals surface area contributed by atoms with Gasteiger partial charge in [-0.2, -0.15) is 0 Å². The first-order valence-corrected chi connectivity index (χ1v) is 11.5. The smallest absolute Gasteiger partial charge is 0.276 e. The first-order valence-electron chi connectivity index (χ1n) is 8.73. The number of rotatable bonds is 7. The molecule has 0 atom stereocenters. The maximum Gasteiger partial charge on any atom is 0.276 e.